The average molecular weight is 451 g/mol. The molecule has 1 aromatic heterocycles. The van der Waals surface area contributed by atoms with E-state index < -0.39 is 0 Å². The van der Waals surface area contributed by atoms with Crippen molar-refractivity contribution in [2.45, 2.75) is 25.8 Å². The second kappa shape index (κ2) is 11.7. The van der Waals surface area contributed by atoms with Crippen molar-refractivity contribution >= 4 is 45.0 Å². The third-order valence-electron chi connectivity index (χ3n) is 5.23. The predicted molar refractivity (Wildman–Crippen MR) is 127 cm³/mol. The molecule has 3 aromatic rings. The number of nitrogens with one attached hydrogen (secondary N) is 2. The van der Waals surface area contributed by atoms with E-state index in [2.05, 4.69) is 31.3 Å². The van der Waals surface area contributed by atoms with Crippen LogP contribution in [0, 0.1) is 0 Å². The van der Waals surface area contributed by atoms with Gasteiger partial charge in [0.15, 0.2) is 0 Å². The molecule has 0 unspecified atom stereocenters. The molecule has 172 valence electrons. The molecule has 33 heavy (non-hydrogen) atoms. The number of aromatic nitrogens is 1. The Kier molecular flexibility index (Phi) is 8.40. The summed E-state index contributed by atoms with van der Waals surface area (Å²) in [6.07, 6.45) is 1.26. The lowest BCUT2D eigenvalue weighted by Crippen LogP contribution is -2.36. The van der Waals surface area contributed by atoms with Crippen LogP contribution in [-0.4, -0.2) is 38.6 Å². The van der Waals surface area contributed by atoms with E-state index in [0.717, 1.165) is 21.8 Å². The lowest BCUT2D eigenvalue weighted by Gasteiger charge is -2.08. The Morgan fingerprint density at radius 3 is 2.58 bits per heavy atom. The van der Waals surface area contributed by atoms with Crippen molar-refractivity contribution in [3.63, 3.8) is 0 Å². The number of hydrogen-bond donors (Lipinski definition) is 3. The first-order valence-corrected chi connectivity index (χ1v) is 10.8. The molecule has 3 rings (SSSR count). The minimum absolute atomic E-state index is 0.0654. The van der Waals surface area contributed by atoms with Crippen molar-refractivity contribution in [1.29, 1.82) is 0 Å². The fourth-order valence-corrected chi connectivity index (χ4v) is 3.60. The van der Waals surface area contributed by atoms with Gasteiger partial charge in [-0.2, -0.15) is 4.57 Å². The Bertz CT molecular complexity index is 1210. The molecule has 0 saturated carbocycles. The standard InChI is InChI=1S/C23H27N7O3/c1-26-22(31)8-11-33-12-9-27-23(32)3-2-10-30-20-14-18(24)6-4-16(20)13-17-5-7-19(28-29-25)15-21(17)30/h4-7,13-15,24H,2-3,8-12H2,1H3,(H2,26,27,31,32)/p+1. The van der Waals surface area contributed by atoms with Crippen LogP contribution in [-0.2, 0) is 20.9 Å². The molecule has 0 spiro atoms. The van der Waals surface area contributed by atoms with E-state index in [9.17, 15) is 9.59 Å². The summed E-state index contributed by atoms with van der Waals surface area (Å²) in [6, 6.07) is 13.3. The number of carbonyl (C=O) groups is 2. The summed E-state index contributed by atoms with van der Waals surface area (Å²) in [5, 5.41) is 11.1. The summed E-state index contributed by atoms with van der Waals surface area (Å²) >= 11 is 0. The van der Waals surface area contributed by atoms with Crippen LogP contribution in [0.1, 0.15) is 19.3 Å². The normalized spacial score (nSPS) is 10.7. The van der Waals surface area contributed by atoms with E-state index in [1.54, 1.807) is 13.1 Å². The third kappa shape index (κ3) is 6.55. The number of fused-ring (bicyclic) bond motifs is 2. The van der Waals surface area contributed by atoms with Crippen LogP contribution in [0.2, 0.25) is 0 Å². The third-order valence-corrected chi connectivity index (χ3v) is 5.23. The second-order valence-electron chi connectivity index (χ2n) is 7.54. The Morgan fingerprint density at radius 2 is 1.82 bits per heavy atom. The lowest BCUT2D eigenvalue weighted by atomic mass is 10.1. The Balaban J connectivity index is 1.64. The fraction of sp³-hybridized carbons (Fsp3) is 0.348. The van der Waals surface area contributed by atoms with Crippen molar-refractivity contribution in [3.8, 4) is 0 Å². The van der Waals surface area contributed by atoms with Gasteiger partial charge in [0.05, 0.1) is 13.2 Å². The number of ether oxygens (including phenoxy) is 1. The predicted octanol–water partition coefficient (Wildman–Crippen LogP) is 2.85. The van der Waals surface area contributed by atoms with Gasteiger partial charge in [-0.3, -0.25) is 9.59 Å². The van der Waals surface area contributed by atoms with Gasteiger partial charge in [-0.15, -0.1) is 0 Å². The molecule has 1 heterocycles. The number of hydrogen-bond acceptors (Lipinski definition) is 5. The van der Waals surface area contributed by atoms with Crippen LogP contribution in [0.4, 0.5) is 11.4 Å². The fourth-order valence-electron chi connectivity index (χ4n) is 3.60. The van der Waals surface area contributed by atoms with Gasteiger partial charge in [0, 0.05) is 72.0 Å². The number of azide groups is 1. The summed E-state index contributed by atoms with van der Waals surface area (Å²) in [5.41, 5.74) is 17.8. The highest BCUT2D eigenvalue weighted by Gasteiger charge is 2.17. The number of pyridine rings is 1. The van der Waals surface area contributed by atoms with Crippen molar-refractivity contribution in [3.05, 3.63) is 52.9 Å². The SMILES string of the molecule is CNC(=O)CCOCCNC(=O)CCC[n+]1c2cc(N)ccc2cc2ccc(N=[N+]=[N-])cc21. The topological polar surface area (TPSA) is 146 Å². The van der Waals surface area contributed by atoms with E-state index in [0.29, 0.717) is 56.9 Å². The number of benzene rings is 2. The monoisotopic (exact) mass is 450 g/mol. The Morgan fingerprint density at radius 1 is 1.06 bits per heavy atom. The quantitative estimate of drug-likeness (QED) is 0.0784. The minimum Gasteiger partial charge on any atom is -0.399 e. The number of anilines is 1. The number of nitrogens with two attached hydrogens (primary N) is 1. The maximum atomic E-state index is 12.2. The highest BCUT2D eigenvalue weighted by molar-refractivity contribution is 5.91. The zero-order valence-electron chi connectivity index (χ0n) is 18.6. The van der Waals surface area contributed by atoms with E-state index in [4.69, 9.17) is 16.0 Å². The smallest absolute Gasteiger partial charge is 0.222 e. The number of amides is 2. The molecule has 4 N–H and O–H groups in total. The van der Waals surface area contributed by atoms with Crippen molar-refractivity contribution in [2.24, 2.45) is 5.11 Å². The number of aryl methyl sites for hydroxylation is 1. The Labute approximate surface area is 191 Å². The molecule has 0 radical (unpaired) electrons. The number of carbonyl (C=O) groups excluding carboxylic acids is 2. The first kappa shape index (κ1) is 23.8. The van der Waals surface area contributed by atoms with Gasteiger partial charge in [-0.05, 0) is 29.8 Å². The summed E-state index contributed by atoms with van der Waals surface area (Å²) < 4.78 is 7.45. The van der Waals surface area contributed by atoms with Gasteiger partial charge in [0.1, 0.15) is 6.54 Å². The van der Waals surface area contributed by atoms with Gasteiger partial charge < -0.3 is 21.1 Å². The molecule has 0 bridgehead atoms. The summed E-state index contributed by atoms with van der Waals surface area (Å²) in [4.78, 5) is 26.2. The van der Waals surface area contributed by atoms with E-state index in [1.807, 2.05) is 30.3 Å². The molecule has 0 aliphatic rings. The van der Waals surface area contributed by atoms with Crippen molar-refractivity contribution in [1.82, 2.24) is 10.6 Å². The maximum absolute atomic E-state index is 12.2. The summed E-state index contributed by atoms with van der Waals surface area (Å²) in [6.45, 7) is 1.66. The van der Waals surface area contributed by atoms with Gasteiger partial charge in [-0.1, -0.05) is 11.2 Å². The van der Waals surface area contributed by atoms with Crippen molar-refractivity contribution < 1.29 is 18.9 Å². The Hall–Kier alpha value is -3.88. The number of nitrogen functional groups attached to an aromatic ring is 1. The molecule has 0 saturated heterocycles. The molecule has 2 aromatic carbocycles. The molecule has 2 amide bonds. The molecule has 0 aliphatic heterocycles. The van der Waals surface area contributed by atoms with Crippen LogP contribution in [0.25, 0.3) is 32.2 Å². The zero-order chi connectivity index (χ0) is 23.6. The van der Waals surface area contributed by atoms with E-state index >= 15 is 0 Å². The minimum atomic E-state index is -0.0780. The molecular weight excluding hydrogens is 422 g/mol. The van der Waals surface area contributed by atoms with E-state index in [-0.39, 0.29) is 11.8 Å². The first-order chi connectivity index (χ1) is 16.0. The highest BCUT2D eigenvalue weighted by Crippen LogP contribution is 2.24. The zero-order valence-corrected chi connectivity index (χ0v) is 18.6. The molecule has 0 atom stereocenters. The largest absolute Gasteiger partial charge is 0.399 e. The van der Waals surface area contributed by atoms with Gasteiger partial charge in [-0.25, -0.2) is 0 Å². The molecular formula is C23H28N7O3+. The summed E-state index contributed by atoms with van der Waals surface area (Å²) in [7, 11) is 1.58. The van der Waals surface area contributed by atoms with Crippen molar-refractivity contribution in [2.75, 3.05) is 32.5 Å². The first-order valence-electron chi connectivity index (χ1n) is 10.8. The molecule has 10 nitrogen and oxygen atoms in total. The lowest BCUT2D eigenvalue weighted by molar-refractivity contribution is -0.645. The second-order valence-corrected chi connectivity index (χ2v) is 7.54. The average Bonchev–Trinajstić information content (AvgIpc) is 2.81. The van der Waals surface area contributed by atoms with Crippen LogP contribution < -0.4 is 20.9 Å². The van der Waals surface area contributed by atoms with Gasteiger partial charge >= 0.3 is 0 Å². The maximum Gasteiger partial charge on any atom is 0.222 e. The molecule has 0 fully saturated rings. The van der Waals surface area contributed by atoms with E-state index in [1.165, 1.54) is 0 Å². The van der Waals surface area contributed by atoms with Crippen LogP contribution in [0.5, 0.6) is 0 Å². The van der Waals surface area contributed by atoms with Crippen LogP contribution in [0.3, 0.4) is 0 Å². The highest BCUT2D eigenvalue weighted by atomic mass is 16.5. The van der Waals surface area contributed by atoms with Crippen LogP contribution >= 0.6 is 0 Å². The van der Waals surface area contributed by atoms with Gasteiger partial charge in [0.2, 0.25) is 22.8 Å². The molecule has 10 heteroatoms. The van der Waals surface area contributed by atoms with Crippen LogP contribution in [0.15, 0.2) is 47.6 Å². The molecule has 0 aliphatic carbocycles. The number of nitrogens with zero attached hydrogens (tertiary/aromatic N) is 4. The summed E-state index contributed by atoms with van der Waals surface area (Å²) in [5.74, 6) is -0.143. The van der Waals surface area contributed by atoms with Gasteiger partial charge in [0.25, 0.3) is 0 Å². The number of rotatable bonds is 11.